The first-order valence-corrected chi connectivity index (χ1v) is 8.77. The Morgan fingerprint density at radius 3 is 2.28 bits per heavy atom. The van der Waals surface area contributed by atoms with Crippen LogP contribution in [0.15, 0.2) is 24.3 Å². The topological polar surface area (TPSA) is 50.6 Å². The highest BCUT2D eigenvalue weighted by molar-refractivity contribution is 5.96. The lowest BCUT2D eigenvalue weighted by atomic mass is 10.1. The molecule has 0 unspecified atom stereocenters. The SMILES string of the molecule is CCn1nc(C)c(C(=O)N2CCN(c3ccc(OC)cc3)CC2)c1C. The predicted molar refractivity (Wildman–Crippen MR) is 98.5 cm³/mol. The molecule has 1 fully saturated rings. The second-order valence-electron chi connectivity index (χ2n) is 6.34. The summed E-state index contributed by atoms with van der Waals surface area (Å²) < 4.78 is 7.11. The first-order valence-electron chi connectivity index (χ1n) is 8.77. The molecule has 0 aliphatic carbocycles. The monoisotopic (exact) mass is 342 g/mol. The summed E-state index contributed by atoms with van der Waals surface area (Å²) in [5, 5.41) is 4.47. The molecule has 1 saturated heterocycles. The highest BCUT2D eigenvalue weighted by atomic mass is 16.5. The smallest absolute Gasteiger partial charge is 0.257 e. The fraction of sp³-hybridized carbons (Fsp3) is 0.474. The van der Waals surface area contributed by atoms with E-state index in [4.69, 9.17) is 4.74 Å². The van der Waals surface area contributed by atoms with Crippen LogP contribution in [-0.4, -0.2) is 53.9 Å². The van der Waals surface area contributed by atoms with Crippen molar-refractivity contribution in [3.8, 4) is 5.75 Å². The fourth-order valence-electron chi connectivity index (χ4n) is 3.43. The molecular formula is C19H26N4O2. The molecule has 0 spiro atoms. The van der Waals surface area contributed by atoms with Crippen molar-refractivity contribution in [3.05, 3.63) is 41.2 Å². The third-order valence-corrected chi connectivity index (χ3v) is 4.90. The second-order valence-corrected chi connectivity index (χ2v) is 6.34. The van der Waals surface area contributed by atoms with Crippen molar-refractivity contribution in [2.45, 2.75) is 27.3 Å². The van der Waals surface area contributed by atoms with Crippen molar-refractivity contribution < 1.29 is 9.53 Å². The summed E-state index contributed by atoms with van der Waals surface area (Å²) >= 11 is 0. The molecule has 0 N–H and O–H groups in total. The molecule has 1 aliphatic rings. The molecule has 25 heavy (non-hydrogen) atoms. The Morgan fingerprint density at radius 2 is 1.76 bits per heavy atom. The Morgan fingerprint density at radius 1 is 1.12 bits per heavy atom. The zero-order chi connectivity index (χ0) is 18.0. The van der Waals surface area contributed by atoms with Crippen LogP contribution in [0.5, 0.6) is 5.75 Å². The maximum Gasteiger partial charge on any atom is 0.257 e. The lowest BCUT2D eigenvalue weighted by Gasteiger charge is -2.36. The van der Waals surface area contributed by atoms with Crippen LogP contribution in [0.3, 0.4) is 0 Å². The summed E-state index contributed by atoms with van der Waals surface area (Å²) in [6.45, 7) is 9.83. The largest absolute Gasteiger partial charge is 0.497 e. The Bertz CT molecular complexity index is 744. The van der Waals surface area contributed by atoms with E-state index in [1.165, 1.54) is 5.69 Å². The number of ether oxygens (including phenoxy) is 1. The highest BCUT2D eigenvalue weighted by Crippen LogP contribution is 2.22. The van der Waals surface area contributed by atoms with E-state index in [0.29, 0.717) is 0 Å². The number of aromatic nitrogens is 2. The summed E-state index contributed by atoms with van der Waals surface area (Å²) in [6.07, 6.45) is 0. The van der Waals surface area contributed by atoms with E-state index in [2.05, 4.69) is 22.1 Å². The van der Waals surface area contributed by atoms with Crippen LogP contribution >= 0.6 is 0 Å². The number of hydrogen-bond acceptors (Lipinski definition) is 4. The van der Waals surface area contributed by atoms with Crippen LogP contribution in [0, 0.1) is 13.8 Å². The number of hydrogen-bond donors (Lipinski definition) is 0. The number of benzene rings is 1. The van der Waals surface area contributed by atoms with Gasteiger partial charge in [-0.2, -0.15) is 5.10 Å². The number of anilines is 1. The first kappa shape index (κ1) is 17.3. The molecule has 3 rings (SSSR count). The van der Waals surface area contributed by atoms with Gasteiger partial charge in [0, 0.05) is 44.1 Å². The number of carbonyl (C=O) groups is 1. The number of piperazine rings is 1. The van der Waals surface area contributed by atoms with Gasteiger partial charge in [-0.1, -0.05) is 0 Å². The van der Waals surface area contributed by atoms with Gasteiger partial charge < -0.3 is 14.5 Å². The number of amides is 1. The number of carbonyl (C=O) groups excluding carboxylic acids is 1. The van der Waals surface area contributed by atoms with Crippen LogP contribution in [0.25, 0.3) is 0 Å². The molecule has 0 saturated carbocycles. The number of methoxy groups -OCH3 is 1. The molecule has 2 aromatic rings. The van der Waals surface area contributed by atoms with E-state index < -0.39 is 0 Å². The minimum Gasteiger partial charge on any atom is -0.497 e. The van der Waals surface area contributed by atoms with Crippen LogP contribution in [0.4, 0.5) is 5.69 Å². The lowest BCUT2D eigenvalue weighted by Crippen LogP contribution is -2.49. The van der Waals surface area contributed by atoms with Gasteiger partial charge in [-0.15, -0.1) is 0 Å². The van der Waals surface area contributed by atoms with Crippen molar-refractivity contribution in [1.82, 2.24) is 14.7 Å². The van der Waals surface area contributed by atoms with E-state index in [1.807, 2.05) is 42.5 Å². The Kier molecular flexibility index (Phi) is 4.97. The van der Waals surface area contributed by atoms with Gasteiger partial charge in [-0.3, -0.25) is 9.48 Å². The fourth-order valence-corrected chi connectivity index (χ4v) is 3.43. The van der Waals surface area contributed by atoms with E-state index in [9.17, 15) is 4.79 Å². The lowest BCUT2D eigenvalue weighted by molar-refractivity contribution is 0.0745. The van der Waals surface area contributed by atoms with Gasteiger partial charge in [0.1, 0.15) is 5.75 Å². The van der Waals surface area contributed by atoms with Crippen molar-refractivity contribution in [1.29, 1.82) is 0 Å². The standard InChI is InChI=1S/C19H26N4O2/c1-5-23-15(3)18(14(2)20-23)19(24)22-12-10-21(11-13-22)16-6-8-17(25-4)9-7-16/h6-9H,5,10-13H2,1-4H3. The molecule has 1 aromatic heterocycles. The number of rotatable bonds is 4. The summed E-state index contributed by atoms with van der Waals surface area (Å²) in [4.78, 5) is 17.2. The van der Waals surface area contributed by atoms with Crippen molar-refractivity contribution in [2.24, 2.45) is 0 Å². The van der Waals surface area contributed by atoms with Gasteiger partial charge in [0.2, 0.25) is 0 Å². The van der Waals surface area contributed by atoms with Gasteiger partial charge in [-0.25, -0.2) is 0 Å². The molecular weight excluding hydrogens is 316 g/mol. The minimum absolute atomic E-state index is 0.101. The van der Waals surface area contributed by atoms with Crippen molar-refractivity contribution in [3.63, 3.8) is 0 Å². The molecule has 1 aliphatic heterocycles. The summed E-state index contributed by atoms with van der Waals surface area (Å²) in [5.41, 5.74) is 3.71. The summed E-state index contributed by atoms with van der Waals surface area (Å²) in [5.74, 6) is 0.959. The summed E-state index contributed by atoms with van der Waals surface area (Å²) in [6, 6.07) is 8.07. The van der Waals surface area contributed by atoms with Crippen LogP contribution in [-0.2, 0) is 6.54 Å². The Labute approximate surface area is 149 Å². The average Bonchev–Trinajstić information content (AvgIpc) is 2.95. The maximum atomic E-state index is 12.9. The first-order chi connectivity index (χ1) is 12.0. The van der Waals surface area contributed by atoms with Gasteiger partial charge in [0.25, 0.3) is 5.91 Å². The quantitative estimate of drug-likeness (QED) is 0.857. The molecule has 6 heteroatoms. The summed E-state index contributed by atoms with van der Waals surface area (Å²) in [7, 11) is 1.67. The van der Waals surface area contributed by atoms with E-state index in [-0.39, 0.29) is 5.91 Å². The maximum absolute atomic E-state index is 12.9. The zero-order valence-corrected chi connectivity index (χ0v) is 15.5. The second kappa shape index (κ2) is 7.17. The van der Waals surface area contributed by atoms with Crippen molar-refractivity contribution in [2.75, 3.05) is 38.2 Å². The molecule has 1 aromatic carbocycles. The number of aryl methyl sites for hydroxylation is 2. The Hall–Kier alpha value is -2.50. The zero-order valence-electron chi connectivity index (χ0n) is 15.5. The van der Waals surface area contributed by atoms with Gasteiger partial charge in [0.15, 0.2) is 0 Å². The number of nitrogens with zero attached hydrogens (tertiary/aromatic N) is 4. The molecule has 0 bridgehead atoms. The molecule has 0 atom stereocenters. The highest BCUT2D eigenvalue weighted by Gasteiger charge is 2.26. The van der Waals surface area contributed by atoms with Crippen LogP contribution in [0.2, 0.25) is 0 Å². The van der Waals surface area contributed by atoms with Gasteiger partial charge in [-0.05, 0) is 45.0 Å². The van der Waals surface area contributed by atoms with Gasteiger partial charge >= 0.3 is 0 Å². The molecule has 134 valence electrons. The molecule has 2 heterocycles. The normalized spacial score (nSPS) is 14.7. The molecule has 1 amide bonds. The third kappa shape index (κ3) is 3.34. The van der Waals surface area contributed by atoms with Crippen LogP contribution in [0.1, 0.15) is 28.7 Å². The van der Waals surface area contributed by atoms with Gasteiger partial charge in [0.05, 0.1) is 18.4 Å². The predicted octanol–water partition coefficient (Wildman–Crippen LogP) is 2.49. The van der Waals surface area contributed by atoms with E-state index in [0.717, 1.165) is 55.4 Å². The van der Waals surface area contributed by atoms with Crippen LogP contribution < -0.4 is 9.64 Å². The van der Waals surface area contributed by atoms with E-state index >= 15 is 0 Å². The minimum atomic E-state index is 0.101. The molecule has 6 nitrogen and oxygen atoms in total. The average molecular weight is 342 g/mol. The van der Waals surface area contributed by atoms with E-state index in [1.54, 1.807) is 7.11 Å². The Balaban J connectivity index is 1.67. The molecule has 0 radical (unpaired) electrons. The third-order valence-electron chi connectivity index (χ3n) is 4.90. The van der Waals surface area contributed by atoms with Crippen molar-refractivity contribution >= 4 is 11.6 Å².